The predicted octanol–water partition coefficient (Wildman–Crippen LogP) is 1.52. The third-order valence-corrected chi connectivity index (χ3v) is 5.58. The molecule has 0 radical (unpaired) electrons. The van der Waals surface area contributed by atoms with Gasteiger partial charge in [0.25, 0.3) is 30.4 Å². The van der Waals surface area contributed by atoms with Gasteiger partial charge in [0.15, 0.2) is 0 Å². The summed E-state index contributed by atoms with van der Waals surface area (Å²) < 4.78 is 95.7. The number of azide groups is 1. The Balaban J connectivity index is 3.16. The van der Waals surface area contributed by atoms with Gasteiger partial charge in [0, 0.05) is 10.3 Å². The SMILES string of the molecule is [N-]=[N+]=Nc1cc2c(S(=O)(=O)O)cc(S(=O)(=O)O)cc2cc1S(=O)(=O)O. The van der Waals surface area contributed by atoms with Gasteiger partial charge in [-0.2, -0.15) is 25.3 Å². The summed E-state index contributed by atoms with van der Waals surface area (Å²) in [6.07, 6.45) is 0. The second kappa shape index (κ2) is 5.92. The van der Waals surface area contributed by atoms with Gasteiger partial charge in [0.05, 0.1) is 10.6 Å². The third kappa shape index (κ3) is 3.88. The number of rotatable bonds is 4. The molecule has 0 aromatic heterocycles. The van der Waals surface area contributed by atoms with E-state index >= 15 is 0 Å². The van der Waals surface area contributed by atoms with E-state index in [2.05, 4.69) is 10.0 Å². The standard InChI is InChI=1S/C10H7N3O9S3/c11-13-12-8-4-7-5(2-10(8)25(20,21)22)1-6(23(14,15)16)3-9(7)24(17,18)19/h1-4H,(H,14,15,16)(H,17,18,19)(H,20,21,22). The summed E-state index contributed by atoms with van der Waals surface area (Å²) in [6, 6.07) is 2.47. The van der Waals surface area contributed by atoms with Crippen molar-refractivity contribution in [3.05, 3.63) is 34.7 Å². The van der Waals surface area contributed by atoms with E-state index in [0.29, 0.717) is 18.2 Å². The van der Waals surface area contributed by atoms with E-state index < -0.39 is 61.5 Å². The summed E-state index contributed by atoms with van der Waals surface area (Å²) in [4.78, 5) is -0.546. The predicted molar refractivity (Wildman–Crippen MR) is 82.2 cm³/mol. The molecule has 0 heterocycles. The van der Waals surface area contributed by atoms with Crippen LogP contribution in [0.15, 0.2) is 44.1 Å². The summed E-state index contributed by atoms with van der Waals surface area (Å²) in [5, 5.41) is 2.21. The number of hydrogen-bond donors (Lipinski definition) is 3. The minimum absolute atomic E-state index is 0.396. The van der Waals surface area contributed by atoms with Gasteiger partial charge in [-0.1, -0.05) is 5.11 Å². The molecular formula is C10H7N3O9S3. The van der Waals surface area contributed by atoms with Crippen LogP contribution < -0.4 is 0 Å². The normalized spacial score (nSPS) is 12.8. The molecule has 0 aliphatic carbocycles. The summed E-state index contributed by atoms with van der Waals surface area (Å²) in [6.45, 7) is 0. The highest BCUT2D eigenvalue weighted by Crippen LogP contribution is 2.35. The van der Waals surface area contributed by atoms with Crippen LogP contribution in [0, 0.1) is 0 Å². The Morgan fingerprint density at radius 1 is 0.800 bits per heavy atom. The lowest BCUT2D eigenvalue weighted by Gasteiger charge is -2.10. The molecule has 134 valence electrons. The van der Waals surface area contributed by atoms with Gasteiger partial charge in [-0.05, 0) is 35.2 Å². The fraction of sp³-hybridized carbons (Fsp3) is 0. The van der Waals surface area contributed by atoms with E-state index in [1.54, 1.807) is 0 Å². The molecule has 15 heteroatoms. The summed E-state index contributed by atoms with van der Waals surface area (Å²) >= 11 is 0. The van der Waals surface area contributed by atoms with E-state index in [0.717, 1.165) is 6.07 Å². The van der Waals surface area contributed by atoms with Crippen molar-refractivity contribution in [1.82, 2.24) is 0 Å². The zero-order chi connectivity index (χ0) is 19.2. The number of benzene rings is 2. The number of nitrogens with zero attached hydrogens (tertiary/aromatic N) is 3. The molecule has 0 amide bonds. The largest absolute Gasteiger partial charge is 0.295 e. The van der Waals surface area contributed by atoms with Gasteiger partial charge in [-0.25, -0.2) is 0 Å². The van der Waals surface area contributed by atoms with Crippen molar-refractivity contribution < 1.29 is 38.9 Å². The topological polar surface area (TPSA) is 212 Å². The lowest BCUT2D eigenvalue weighted by Crippen LogP contribution is -2.05. The van der Waals surface area contributed by atoms with Crippen molar-refractivity contribution in [3.8, 4) is 0 Å². The molecule has 2 aromatic carbocycles. The van der Waals surface area contributed by atoms with E-state index in [-0.39, 0.29) is 0 Å². The molecule has 25 heavy (non-hydrogen) atoms. The first-order valence-corrected chi connectivity index (χ1v) is 10.2. The van der Waals surface area contributed by atoms with Crippen LogP contribution in [-0.2, 0) is 30.4 Å². The Morgan fingerprint density at radius 2 is 1.36 bits per heavy atom. The average molecular weight is 409 g/mol. The second-order valence-corrected chi connectivity index (χ2v) is 8.78. The third-order valence-electron chi connectivity index (χ3n) is 2.97. The first-order chi connectivity index (χ1) is 11.2. The maximum absolute atomic E-state index is 11.5. The van der Waals surface area contributed by atoms with Crippen molar-refractivity contribution in [2.24, 2.45) is 5.11 Å². The molecule has 0 aliphatic heterocycles. The lowest BCUT2D eigenvalue weighted by molar-refractivity contribution is 0.480. The minimum Gasteiger partial charge on any atom is -0.282 e. The molecule has 0 bridgehead atoms. The van der Waals surface area contributed by atoms with Crippen LogP contribution in [0.4, 0.5) is 5.69 Å². The van der Waals surface area contributed by atoms with Crippen LogP contribution in [0.5, 0.6) is 0 Å². The maximum atomic E-state index is 11.5. The fourth-order valence-electron chi connectivity index (χ4n) is 2.01. The van der Waals surface area contributed by atoms with Gasteiger partial charge in [-0.3, -0.25) is 13.7 Å². The first kappa shape index (κ1) is 19.1. The molecule has 3 N–H and O–H groups in total. The van der Waals surface area contributed by atoms with Crippen molar-refractivity contribution >= 4 is 46.8 Å². The highest BCUT2D eigenvalue weighted by molar-refractivity contribution is 7.87. The quantitative estimate of drug-likeness (QED) is 0.288. The van der Waals surface area contributed by atoms with Gasteiger partial charge >= 0.3 is 0 Å². The van der Waals surface area contributed by atoms with E-state index in [1.807, 2.05) is 0 Å². The molecule has 12 nitrogen and oxygen atoms in total. The Morgan fingerprint density at radius 3 is 1.80 bits per heavy atom. The fourth-order valence-corrected chi connectivity index (χ4v) is 4.00. The Bertz CT molecular complexity index is 1260. The number of fused-ring (bicyclic) bond motifs is 1. The smallest absolute Gasteiger partial charge is 0.282 e. The van der Waals surface area contributed by atoms with Crippen LogP contribution in [-0.4, -0.2) is 38.9 Å². The highest BCUT2D eigenvalue weighted by Gasteiger charge is 2.23. The van der Waals surface area contributed by atoms with Crippen molar-refractivity contribution in [3.63, 3.8) is 0 Å². The van der Waals surface area contributed by atoms with Crippen molar-refractivity contribution in [2.45, 2.75) is 14.7 Å². The highest BCUT2D eigenvalue weighted by atomic mass is 32.2. The minimum atomic E-state index is -5.01. The van der Waals surface area contributed by atoms with Crippen LogP contribution in [0.25, 0.3) is 21.2 Å². The maximum Gasteiger partial charge on any atom is 0.295 e. The average Bonchev–Trinajstić information content (AvgIpc) is 2.42. The molecule has 0 atom stereocenters. The Labute approximate surface area is 140 Å². The van der Waals surface area contributed by atoms with E-state index in [9.17, 15) is 29.8 Å². The molecule has 0 spiro atoms. The molecule has 0 saturated heterocycles. The number of hydrogen-bond acceptors (Lipinski definition) is 7. The molecule has 2 aromatic rings. The Kier molecular flexibility index (Phi) is 4.52. The van der Waals surface area contributed by atoms with Crippen LogP contribution >= 0.6 is 0 Å². The summed E-state index contributed by atoms with van der Waals surface area (Å²) in [5.41, 5.74) is 7.77. The second-order valence-electron chi connectivity index (χ2n) is 4.58. The molecule has 0 fully saturated rings. The molecule has 0 aliphatic rings. The van der Waals surface area contributed by atoms with Gasteiger partial charge in [0.1, 0.15) is 9.79 Å². The molecular weight excluding hydrogens is 402 g/mol. The van der Waals surface area contributed by atoms with Gasteiger partial charge in [-0.15, -0.1) is 0 Å². The van der Waals surface area contributed by atoms with Crippen molar-refractivity contribution in [2.75, 3.05) is 0 Å². The van der Waals surface area contributed by atoms with E-state index in [4.69, 9.17) is 14.6 Å². The zero-order valence-electron chi connectivity index (χ0n) is 11.7. The summed E-state index contributed by atoms with van der Waals surface area (Å²) in [7, 11) is -14.9. The zero-order valence-corrected chi connectivity index (χ0v) is 14.1. The van der Waals surface area contributed by atoms with Crippen LogP contribution in [0.1, 0.15) is 0 Å². The van der Waals surface area contributed by atoms with E-state index in [1.165, 1.54) is 0 Å². The van der Waals surface area contributed by atoms with Crippen LogP contribution in [0.3, 0.4) is 0 Å². The van der Waals surface area contributed by atoms with Crippen LogP contribution in [0.2, 0.25) is 0 Å². The Hall–Kier alpha value is -2.26. The summed E-state index contributed by atoms with van der Waals surface area (Å²) in [5.74, 6) is 0. The van der Waals surface area contributed by atoms with Gasteiger partial charge in [0.2, 0.25) is 0 Å². The molecule has 0 unspecified atom stereocenters. The molecule has 0 saturated carbocycles. The monoisotopic (exact) mass is 409 g/mol. The van der Waals surface area contributed by atoms with Gasteiger partial charge < -0.3 is 0 Å². The first-order valence-electron chi connectivity index (χ1n) is 5.84. The lowest BCUT2D eigenvalue weighted by atomic mass is 10.1. The van der Waals surface area contributed by atoms with Crippen molar-refractivity contribution in [1.29, 1.82) is 0 Å². The molecule has 2 rings (SSSR count).